The molecule has 0 aromatic rings. The van der Waals surface area contributed by atoms with E-state index in [2.05, 4.69) is 13.8 Å². The van der Waals surface area contributed by atoms with E-state index in [1.54, 1.807) is 0 Å². The first-order valence-corrected chi connectivity index (χ1v) is 10.9. The fraction of sp³-hybridized carbons (Fsp3) is 0.909. The number of rotatable bonds is 13. The van der Waals surface area contributed by atoms with Crippen molar-refractivity contribution < 1.29 is 19.1 Å². The largest absolute Gasteiger partial charge is 0.466 e. The van der Waals surface area contributed by atoms with E-state index in [0.717, 1.165) is 64.2 Å². The van der Waals surface area contributed by atoms with Gasteiger partial charge >= 0.3 is 11.9 Å². The Bertz CT molecular complexity index is 401. The normalized spacial score (nSPS) is 17.5. The summed E-state index contributed by atoms with van der Waals surface area (Å²) in [4.78, 5) is 25.5. The van der Waals surface area contributed by atoms with Crippen LogP contribution < -0.4 is 0 Å². The second kappa shape index (κ2) is 13.2. The maximum atomic E-state index is 13.0. The minimum atomic E-state index is -0.700. The Morgan fingerprint density at radius 3 is 1.96 bits per heavy atom. The number of unbranched alkanes of at least 4 members (excludes halogenated alkanes) is 4. The van der Waals surface area contributed by atoms with Crippen molar-refractivity contribution in [3.05, 3.63) is 0 Å². The topological polar surface area (TPSA) is 52.6 Å². The van der Waals surface area contributed by atoms with Crippen molar-refractivity contribution in [2.24, 2.45) is 11.3 Å². The highest BCUT2D eigenvalue weighted by molar-refractivity contribution is 5.84. The number of hydrogen-bond acceptors (Lipinski definition) is 4. The Hall–Kier alpha value is -1.06. The van der Waals surface area contributed by atoms with Gasteiger partial charge in [0.1, 0.15) is 0 Å². The van der Waals surface area contributed by atoms with Gasteiger partial charge in [-0.15, -0.1) is 0 Å². The van der Waals surface area contributed by atoms with E-state index in [1.165, 1.54) is 6.42 Å². The van der Waals surface area contributed by atoms with Crippen molar-refractivity contribution in [1.82, 2.24) is 0 Å². The van der Waals surface area contributed by atoms with Gasteiger partial charge in [0.15, 0.2) is 0 Å². The Morgan fingerprint density at radius 2 is 1.42 bits per heavy atom. The van der Waals surface area contributed by atoms with Crippen molar-refractivity contribution in [3.63, 3.8) is 0 Å². The SMILES string of the molecule is CCCCCOC(=O)CC(CC)(C(=O)OCCCCC)C1CCCCC1. The third-order valence-electron chi connectivity index (χ3n) is 5.88. The summed E-state index contributed by atoms with van der Waals surface area (Å²) >= 11 is 0. The van der Waals surface area contributed by atoms with E-state index < -0.39 is 5.41 Å². The molecule has 0 heterocycles. The van der Waals surface area contributed by atoms with Crippen LogP contribution in [0.4, 0.5) is 0 Å². The Labute approximate surface area is 160 Å². The molecule has 1 aliphatic carbocycles. The molecule has 0 aromatic heterocycles. The highest BCUT2D eigenvalue weighted by Gasteiger charge is 2.47. The summed E-state index contributed by atoms with van der Waals surface area (Å²) in [5, 5.41) is 0. The zero-order chi connectivity index (χ0) is 19.3. The molecule has 1 unspecified atom stereocenters. The summed E-state index contributed by atoms with van der Waals surface area (Å²) in [6.45, 7) is 7.21. The summed E-state index contributed by atoms with van der Waals surface area (Å²) in [6, 6.07) is 0. The number of ether oxygens (including phenoxy) is 2. The van der Waals surface area contributed by atoms with Gasteiger partial charge < -0.3 is 9.47 Å². The molecule has 0 radical (unpaired) electrons. The Balaban J connectivity index is 2.75. The molecule has 4 heteroatoms. The second-order valence-electron chi connectivity index (χ2n) is 7.79. The number of esters is 2. The van der Waals surface area contributed by atoms with Crippen molar-refractivity contribution in [3.8, 4) is 0 Å². The van der Waals surface area contributed by atoms with Crippen LogP contribution in [0.2, 0.25) is 0 Å². The highest BCUT2D eigenvalue weighted by atomic mass is 16.5. The van der Waals surface area contributed by atoms with Crippen LogP contribution >= 0.6 is 0 Å². The molecule has 0 aliphatic heterocycles. The first kappa shape index (κ1) is 23.0. The molecule has 26 heavy (non-hydrogen) atoms. The molecule has 1 saturated carbocycles. The third-order valence-corrected chi connectivity index (χ3v) is 5.88. The Kier molecular flexibility index (Phi) is 11.6. The summed E-state index contributed by atoms with van der Waals surface area (Å²) in [5.74, 6) is -0.171. The molecule has 1 atom stereocenters. The maximum Gasteiger partial charge on any atom is 0.312 e. The third kappa shape index (κ3) is 7.28. The average molecular weight is 369 g/mol. The van der Waals surface area contributed by atoms with Gasteiger partial charge in [-0.05, 0) is 38.0 Å². The standard InChI is InChI=1S/C22H40O4/c1-4-7-12-16-25-20(23)18-22(6-3,19-14-10-9-11-15-19)21(24)26-17-13-8-5-2/h19H,4-18H2,1-3H3. The van der Waals surface area contributed by atoms with Crippen molar-refractivity contribution in [2.75, 3.05) is 13.2 Å². The predicted octanol–water partition coefficient (Wildman–Crippen LogP) is 5.82. The van der Waals surface area contributed by atoms with E-state index in [0.29, 0.717) is 19.6 Å². The molecule has 1 rings (SSSR count). The van der Waals surface area contributed by atoms with Crippen LogP contribution in [0, 0.1) is 11.3 Å². The summed E-state index contributed by atoms with van der Waals surface area (Å²) in [6.07, 6.45) is 12.5. The van der Waals surface area contributed by atoms with Crippen molar-refractivity contribution in [1.29, 1.82) is 0 Å². The summed E-state index contributed by atoms with van der Waals surface area (Å²) < 4.78 is 11.1. The smallest absolute Gasteiger partial charge is 0.312 e. The summed E-state index contributed by atoms with van der Waals surface area (Å²) in [7, 11) is 0. The number of carbonyl (C=O) groups is 2. The molecule has 0 saturated heterocycles. The van der Waals surface area contributed by atoms with Crippen molar-refractivity contribution in [2.45, 2.75) is 104 Å². The molecular formula is C22H40O4. The molecule has 0 bridgehead atoms. The molecule has 0 aromatic carbocycles. The van der Waals surface area contributed by atoms with Gasteiger partial charge in [-0.25, -0.2) is 0 Å². The quantitative estimate of drug-likeness (QED) is 0.303. The van der Waals surface area contributed by atoms with Gasteiger partial charge in [0.05, 0.1) is 25.0 Å². The molecule has 1 aliphatic rings. The van der Waals surface area contributed by atoms with Crippen LogP contribution in [0.3, 0.4) is 0 Å². The molecule has 0 spiro atoms. The monoisotopic (exact) mass is 368 g/mol. The Morgan fingerprint density at radius 1 is 0.846 bits per heavy atom. The first-order chi connectivity index (χ1) is 12.6. The number of carbonyl (C=O) groups excluding carboxylic acids is 2. The molecular weight excluding hydrogens is 328 g/mol. The molecule has 152 valence electrons. The van der Waals surface area contributed by atoms with Crippen LogP contribution in [-0.2, 0) is 19.1 Å². The fourth-order valence-corrected chi connectivity index (χ4v) is 4.10. The van der Waals surface area contributed by atoms with E-state index in [4.69, 9.17) is 9.47 Å². The van der Waals surface area contributed by atoms with Crippen LogP contribution in [0.1, 0.15) is 104 Å². The first-order valence-electron chi connectivity index (χ1n) is 10.9. The van der Waals surface area contributed by atoms with Crippen molar-refractivity contribution >= 4 is 11.9 Å². The maximum absolute atomic E-state index is 13.0. The lowest BCUT2D eigenvalue weighted by molar-refractivity contribution is -0.168. The van der Waals surface area contributed by atoms with Crippen LogP contribution in [0.15, 0.2) is 0 Å². The molecule has 0 amide bonds. The fourth-order valence-electron chi connectivity index (χ4n) is 4.10. The van der Waals surface area contributed by atoms with Crippen LogP contribution in [0.25, 0.3) is 0 Å². The summed E-state index contributed by atoms with van der Waals surface area (Å²) in [5.41, 5.74) is -0.700. The number of hydrogen-bond donors (Lipinski definition) is 0. The van der Waals surface area contributed by atoms with E-state index in [-0.39, 0.29) is 24.3 Å². The van der Waals surface area contributed by atoms with Crippen LogP contribution in [0.5, 0.6) is 0 Å². The second-order valence-corrected chi connectivity index (χ2v) is 7.79. The van der Waals surface area contributed by atoms with E-state index in [9.17, 15) is 9.59 Å². The minimum absolute atomic E-state index is 0.173. The lowest BCUT2D eigenvalue weighted by Gasteiger charge is -2.39. The van der Waals surface area contributed by atoms with Gasteiger partial charge in [0, 0.05) is 0 Å². The molecule has 0 N–H and O–H groups in total. The zero-order valence-corrected chi connectivity index (χ0v) is 17.3. The predicted molar refractivity (Wildman–Crippen MR) is 105 cm³/mol. The highest BCUT2D eigenvalue weighted by Crippen LogP contribution is 2.45. The van der Waals surface area contributed by atoms with Gasteiger partial charge in [-0.3, -0.25) is 9.59 Å². The van der Waals surface area contributed by atoms with Gasteiger partial charge in [0.2, 0.25) is 0 Å². The average Bonchev–Trinajstić information content (AvgIpc) is 2.67. The molecule has 1 fully saturated rings. The van der Waals surface area contributed by atoms with E-state index >= 15 is 0 Å². The van der Waals surface area contributed by atoms with Gasteiger partial charge in [-0.2, -0.15) is 0 Å². The lowest BCUT2D eigenvalue weighted by Crippen LogP contribution is -2.43. The lowest BCUT2D eigenvalue weighted by atomic mass is 9.65. The van der Waals surface area contributed by atoms with Crippen LogP contribution in [-0.4, -0.2) is 25.2 Å². The minimum Gasteiger partial charge on any atom is -0.466 e. The van der Waals surface area contributed by atoms with Gasteiger partial charge in [0.25, 0.3) is 0 Å². The zero-order valence-electron chi connectivity index (χ0n) is 17.3. The van der Waals surface area contributed by atoms with Gasteiger partial charge in [-0.1, -0.05) is 65.7 Å². The van der Waals surface area contributed by atoms with E-state index in [1.807, 2.05) is 6.92 Å². The molecule has 4 nitrogen and oxygen atoms in total.